The van der Waals surface area contributed by atoms with Crippen LogP contribution in [0.5, 0.6) is 17.2 Å². The van der Waals surface area contributed by atoms with E-state index in [1.807, 2.05) is 6.07 Å². The Kier molecular flexibility index (Phi) is 3.51. The van der Waals surface area contributed by atoms with E-state index in [-0.39, 0.29) is 11.4 Å². The van der Waals surface area contributed by atoms with Crippen molar-refractivity contribution >= 4 is 11.4 Å². The van der Waals surface area contributed by atoms with Crippen molar-refractivity contribution in [2.75, 3.05) is 12.8 Å². The summed E-state index contributed by atoms with van der Waals surface area (Å²) in [4.78, 5) is 10.1. The normalized spacial score (nSPS) is 9.95. The quantitative estimate of drug-likeness (QED) is 0.518. The largest absolute Gasteiger partial charge is 0.493 e. The van der Waals surface area contributed by atoms with Crippen LogP contribution in [-0.2, 0) is 0 Å². The molecule has 0 amide bonds. The molecule has 0 bridgehead atoms. The number of nitro benzene ring substituents is 1. The monoisotopic (exact) mass is 260 g/mol. The molecular weight excluding hydrogens is 248 g/mol. The molecule has 6 nitrogen and oxygen atoms in total. The number of ether oxygens (including phenoxy) is 2. The zero-order chi connectivity index (χ0) is 13.8. The fraction of sp³-hybridized carbons (Fsp3) is 0.0769. The van der Waals surface area contributed by atoms with Gasteiger partial charge in [-0.25, -0.2) is 0 Å². The molecule has 2 aromatic carbocycles. The minimum atomic E-state index is -0.539. The fourth-order valence-corrected chi connectivity index (χ4v) is 1.59. The number of anilines is 1. The van der Waals surface area contributed by atoms with E-state index in [4.69, 9.17) is 15.2 Å². The molecule has 2 rings (SSSR count). The lowest BCUT2D eigenvalue weighted by atomic mass is 10.2. The molecular formula is C13H12N2O4. The Morgan fingerprint density at radius 1 is 1.16 bits per heavy atom. The Labute approximate surface area is 109 Å². The molecule has 2 N–H and O–H groups in total. The lowest BCUT2D eigenvalue weighted by Crippen LogP contribution is -1.96. The second kappa shape index (κ2) is 5.26. The highest BCUT2D eigenvalue weighted by Crippen LogP contribution is 2.33. The van der Waals surface area contributed by atoms with Crippen LogP contribution >= 0.6 is 0 Å². The molecule has 19 heavy (non-hydrogen) atoms. The maximum atomic E-state index is 10.7. The topological polar surface area (TPSA) is 87.6 Å². The number of methoxy groups -OCH3 is 1. The van der Waals surface area contributed by atoms with Crippen molar-refractivity contribution in [1.82, 2.24) is 0 Å². The predicted octanol–water partition coefficient (Wildman–Crippen LogP) is 2.98. The summed E-state index contributed by atoms with van der Waals surface area (Å²) in [5, 5.41) is 10.7. The Balaban J connectivity index is 2.29. The van der Waals surface area contributed by atoms with Gasteiger partial charge in [-0.3, -0.25) is 10.1 Å². The maximum absolute atomic E-state index is 10.7. The van der Waals surface area contributed by atoms with Crippen LogP contribution in [0.25, 0.3) is 0 Å². The highest BCUT2D eigenvalue weighted by molar-refractivity contribution is 5.61. The lowest BCUT2D eigenvalue weighted by molar-refractivity contribution is -0.383. The minimum Gasteiger partial charge on any atom is -0.493 e. The summed E-state index contributed by atoms with van der Waals surface area (Å²) in [6.07, 6.45) is 0. The number of hydrogen-bond donors (Lipinski definition) is 1. The van der Waals surface area contributed by atoms with E-state index in [0.29, 0.717) is 17.2 Å². The average molecular weight is 260 g/mol. The molecule has 0 heterocycles. The molecule has 2 aromatic rings. The first-order valence-electron chi connectivity index (χ1n) is 5.46. The van der Waals surface area contributed by atoms with Crippen LogP contribution in [0.2, 0.25) is 0 Å². The van der Waals surface area contributed by atoms with Crippen LogP contribution in [0.3, 0.4) is 0 Å². The summed E-state index contributed by atoms with van der Waals surface area (Å²) in [6.45, 7) is 0. The summed E-state index contributed by atoms with van der Waals surface area (Å²) in [7, 11) is 1.53. The molecule has 0 saturated heterocycles. The first-order valence-corrected chi connectivity index (χ1v) is 5.46. The molecule has 0 spiro atoms. The Bertz CT molecular complexity index is 613. The van der Waals surface area contributed by atoms with Gasteiger partial charge in [0.15, 0.2) is 11.5 Å². The molecule has 0 radical (unpaired) electrons. The number of benzene rings is 2. The van der Waals surface area contributed by atoms with Gasteiger partial charge in [-0.2, -0.15) is 0 Å². The number of nitrogens with zero attached hydrogens (tertiary/aromatic N) is 1. The van der Waals surface area contributed by atoms with E-state index >= 15 is 0 Å². The van der Waals surface area contributed by atoms with Crippen LogP contribution in [-0.4, -0.2) is 12.0 Å². The van der Waals surface area contributed by atoms with Crippen LogP contribution < -0.4 is 15.2 Å². The number of para-hydroxylation sites is 2. The van der Waals surface area contributed by atoms with Gasteiger partial charge in [0, 0.05) is 12.1 Å². The van der Waals surface area contributed by atoms with Gasteiger partial charge >= 0.3 is 0 Å². The van der Waals surface area contributed by atoms with E-state index in [2.05, 4.69) is 0 Å². The van der Waals surface area contributed by atoms with Crippen LogP contribution in [0, 0.1) is 10.1 Å². The summed E-state index contributed by atoms with van der Waals surface area (Å²) < 4.78 is 10.7. The smallest absolute Gasteiger partial charge is 0.292 e. The van der Waals surface area contributed by atoms with Crippen molar-refractivity contribution in [3.05, 3.63) is 52.6 Å². The van der Waals surface area contributed by atoms with Gasteiger partial charge in [-0.15, -0.1) is 0 Å². The van der Waals surface area contributed by atoms with Gasteiger partial charge in [-0.05, 0) is 18.2 Å². The molecule has 0 saturated carbocycles. The zero-order valence-electron chi connectivity index (χ0n) is 10.2. The number of nitrogen functional groups attached to an aromatic ring is 1. The van der Waals surface area contributed by atoms with Crippen molar-refractivity contribution in [1.29, 1.82) is 0 Å². The van der Waals surface area contributed by atoms with Gasteiger partial charge in [0.05, 0.1) is 12.0 Å². The van der Waals surface area contributed by atoms with Gasteiger partial charge in [0.1, 0.15) is 11.4 Å². The van der Waals surface area contributed by atoms with Crippen molar-refractivity contribution in [3.8, 4) is 17.2 Å². The third-order valence-electron chi connectivity index (χ3n) is 2.49. The molecule has 0 aliphatic carbocycles. The molecule has 0 aliphatic rings. The first kappa shape index (κ1) is 12.7. The van der Waals surface area contributed by atoms with E-state index in [1.54, 1.807) is 18.2 Å². The average Bonchev–Trinajstić information content (AvgIpc) is 2.39. The number of nitro groups is 1. The molecule has 98 valence electrons. The summed E-state index contributed by atoms with van der Waals surface area (Å²) >= 11 is 0. The van der Waals surface area contributed by atoms with E-state index in [1.165, 1.54) is 25.3 Å². The standard InChI is InChI=1S/C13H12N2O4/c1-18-12-4-2-3-5-13(12)19-9-6-7-11(15(16)17)10(14)8-9/h2-8H,14H2,1H3. The van der Waals surface area contributed by atoms with Gasteiger partial charge in [0.25, 0.3) is 5.69 Å². The van der Waals surface area contributed by atoms with Crippen LogP contribution in [0.4, 0.5) is 11.4 Å². The fourth-order valence-electron chi connectivity index (χ4n) is 1.59. The second-order valence-corrected chi connectivity index (χ2v) is 3.73. The van der Waals surface area contributed by atoms with Gasteiger partial charge in [0.2, 0.25) is 0 Å². The number of rotatable bonds is 4. The SMILES string of the molecule is COc1ccccc1Oc1ccc([N+](=O)[O-])c(N)c1. The lowest BCUT2D eigenvalue weighted by Gasteiger charge is -2.10. The number of hydrogen-bond acceptors (Lipinski definition) is 5. The van der Waals surface area contributed by atoms with E-state index in [0.717, 1.165) is 0 Å². The maximum Gasteiger partial charge on any atom is 0.292 e. The minimum absolute atomic E-state index is 0.0531. The third kappa shape index (κ3) is 2.74. The molecule has 0 atom stereocenters. The molecule has 0 unspecified atom stereocenters. The molecule has 6 heteroatoms. The van der Waals surface area contributed by atoms with Crippen LogP contribution in [0.1, 0.15) is 0 Å². The zero-order valence-corrected chi connectivity index (χ0v) is 10.2. The Morgan fingerprint density at radius 3 is 2.42 bits per heavy atom. The highest BCUT2D eigenvalue weighted by atomic mass is 16.6. The summed E-state index contributed by atoms with van der Waals surface area (Å²) in [5.41, 5.74) is 5.50. The molecule has 0 aliphatic heterocycles. The predicted molar refractivity (Wildman–Crippen MR) is 70.6 cm³/mol. The molecule has 0 aromatic heterocycles. The van der Waals surface area contributed by atoms with Gasteiger partial charge < -0.3 is 15.2 Å². The first-order chi connectivity index (χ1) is 9.11. The van der Waals surface area contributed by atoms with Crippen molar-refractivity contribution in [2.24, 2.45) is 0 Å². The number of nitrogens with two attached hydrogens (primary N) is 1. The second-order valence-electron chi connectivity index (χ2n) is 3.73. The summed E-state index contributed by atoms with van der Waals surface area (Å²) in [6, 6.07) is 11.3. The van der Waals surface area contributed by atoms with E-state index in [9.17, 15) is 10.1 Å². The van der Waals surface area contributed by atoms with Gasteiger partial charge in [-0.1, -0.05) is 12.1 Å². The Morgan fingerprint density at radius 2 is 1.84 bits per heavy atom. The third-order valence-corrected chi connectivity index (χ3v) is 2.49. The van der Waals surface area contributed by atoms with E-state index < -0.39 is 4.92 Å². The van der Waals surface area contributed by atoms with Crippen molar-refractivity contribution in [2.45, 2.75) is 0 Å². The van der Waals surface area contributed by atoms with Crippen molar-refractivity contribution in [3.63, 3.8) is 0 Å². The Hall–Kier alpha value is -2.76. The highest BCUT2D eigenvalue weighted by Gasteiger charge is 2.12. The van der Waals surface area contributed by atoms with Crippen molar-refractivity contribution < 1.29 is 14.4 Å². The molecule has 0 fully saturated rings. The summed E-state index contributed by atoms with van der Waals surface area (Å²) in [5.74, 6) is 1.49. The van der Waals surface area contributed by atoms with Crippen LogP contribution in [0.15, 0.2) is 42.5 Å².